The van der Waals surface area contributed by atoms with Gasteiger partial charge < -0.3 is 14.6 Å². The summed E-state index contributed by atoms with van der Waals surface area (Å²) in [6.45, 7) is 0. The first-order valence-electron chi connectivity index (χ1n) is 5.51. The van der Waals surface area contributed by atoms with Crippen LogP contribution in [0.15, 0.2) is 24.8 Å². The molecule has 1 unspecified atom stereocenters. The van der Waals surface area contributed by atoms with E-state index in [1.165, 1.54) is 13.3 Å². The Morgan fingerprint density at radius 1 is 1.44 bits per heavy atom. The molecule has 0 fully saturated rings. The quantitative estimate of drug-likeness (QED) is 0.888. The van der Waals surface area contributed by atoms with E-state index < -0.39 is 5.82 Å². The van der Waals surface area contributed by atoms with Gasteiger partial charge in [-0.2, -0.15) is 0 Å². The van der Waals surface area contributed by atoms with Crippen molar-refractivity contribution in [3.05, 3.63) is 41.9 Å². The average Bonchev–Trinajstić information content (AvgIpc) is 2.79. The van der Waals surface area contributed by atoms with Crippen LogP contribution in [-0.4, -0.2) is 28.7 Å². The standard InChI is InChI=1S/C12H15FN4O/c1-14-11(9-6-17(2)7-16-9)8-4-5-15-12(18-3)10(8)13/h4-7,11,14H,1-3H3. The molecule has 0 saturated heterocycles. The highest BCUT2D eigenvalue weighted by Crippen LogP contribution is 2.26. The number of hydrogen-bond donors (Lipinski definition) is 1. The molecule has 0 amide bonds. The lowest BCUT2D eigenvalue weighted by atomic mass is 10.1. The number of pyridine rings is 1. The Kier molecular flexibility index (Phi) is 3.57. The maximum atomic E-state index is 14.1. The summed E-state index contributed by atoms with van der Waals surface area (Å²) in [4.78, 5) is 8.05. The van der Waals surface area contributed by atoms with E-state index in [2.05, 4.69) is 15.3 Å². The molecule has 2 heterocycles. The number of ether oxygens (including phenoxy) is 1. The van der Waals surface area contributed by atoms with Crippen molar-refractivity contribution in [2.24, 2.45) is 7.05 Å². The van der Waals surface area contributed by atoms with E-state index in [-0.39, 0.29) is 11.9 Å². The maximum absolute atomic E-state index is 14.1. The van der Waals surface area contributed by atoms with Crippen LogP contribution < -0.4 is 10.1 Å². The average molecular weight is 250 g/mol. The number of aryl methyl sites for hydroxylation is 1. The summed E-state index contributed by atoms with van der Waals surface area (Å²) >= 11 is 0. The van der Waals surface area contributed by atoms with E-state index in [1.54, 1.807) is 19.4 Å². The molecule has 0 bridgehead atoms. The van der Waals surface area contributed by atoms with Gasteiger partial charge in [0.2, 0.25) is 5.88 Å². The molecule has 0 spiro atoms. The fourth-order valence-corrected chi connectivity index (χ4v) is 1.85. The molecule has 0 aliphatic carbocycles. The molecule has 2 aromatic heterocycles. The molecule has 1 N–H and O–H groups in total. The monoisotopic (exact) mass is 250 g/mol. The first-order valence-corrected chi connectivity index (χ1v) is 5.51. The Hall–Kier alpha value is -1.95. The summed E-state index contributed by atoms with van der Waals surface area (Å²) in [6, 6.07) is 1.29. The Labute approximate surface area is 105 Å². The molecular formula is C12H15FN4O. The van der Waals surface area contributed by atoms with Gasteiger partial charge in [0.15, 0.2) is 5.82 Å². The molecule has 18 heavy (non-hydrogen) atoms. The molecule has 96 valence electrons. The number of imidazole rings is 1. The molecule has 6 heteroatoms. The fraction of sp³-hybridized carbons (Fsp3) is 0.333. The van der Waals surface area contributed by atoms with Crippen LogP contribution in [0.2, 0.25) is 0 Å². The maximum Gasteiger partial charge on any atom is 0.250 e. The van der Waals surface area contributed by atoms with Crippen LogP contribution in [0.3, 0.4) is 0 Å². The van der Waals surface area contributed by atoms with E-state index in [1.807, 2.05) is 17.8 Å². The van der Waals surface area contributed by atoms with Gasteiger partial charge in [0, 0.05) is 25.0 Å². The second kappa shape index (κ2) is 5.14. The lowest BCUT2D eigenvalue weighted by Crippen LogP contribution is -2.19. The number of nitrogens with zero attached hydrogens (tertiary/aromatic N) is 3. The Balaban J connectivity index is 2.45. The number of halogens is 1. The molecule has 0 saturated carbocycles. The summed E-state index contributed by atoms with van der Waals surface area (Å²) in [7, 11) is 5.02. The van der Waals surface area contributed by atoms with Gasteiger partial charge in [-0.3, -0.25) is 0 Å². The highest BCUT2D eigenvalue weighted by molar-refractivity contribution is 5.31. The summed E-state index contributed by atoms with van der Waals surface area (Å²) in [5.74, 6) is -0.478. The number of hydrogen-bond acceptors (Lipinski definition) is 4. The van der Waals surface area contributed by atoms with Crippen molar-refractivity contribution in [2.45, 2.75) is 6.04 Å². The zero-order chi connectivity index (χ0) is 13.1. The Morgan fingerprint density at radius 2 is 2.22 bits per heavy atom. The molecule has 0 aliphatic heterocycles. The van der Waals surface area contributed by atoms with E-state index in [9.17, 15) is 4.39 Å². The molecule has 2 rings (SSSR count). The summed E-state index contributed by atoms with van der Waals surface area (Å²) in [5.41, 5.74) is 1.20. The van der Waals surface area contributed by atoms with Gasteiger partial charge in [-0.1, -0.05) is 0 Å². The van der Waals surface area contributed by atoms with Gasteiger partial charge in [-0.25, -0.2) is 14.4 Å². The minimum atomic E-state index is -0.468. The molecule has 0 radical (unpaired) electrons. The van der Waals surface area contributed by atoms with Crippen LogP contribution in [0, 0.1) is 5.82 Å². The van der Waals surface area contributed by atoms with Gasteiger partial charge in [0.1, 0.15) is 0 Å². The van der Waals surface area contributed by atoms with Crippen molar-refractivity contribution < 1.29 is 9.13 Å². The van der Waals surface area contributed by atoms with Crippen molar-refractivity contribution in [1.82, 2.24) is 19.9 Å². The fourth-order valence-electron chi connectivity index (χ4n) is 1.85. The van der Waals surface area contributed by atoms with Crippen molar-refractivity contribution in [3.8, 4) is 5.88 Å². The second-order valence-corrected chi connectivity index (χ2v) is 3.91. The van der Waals surface area contributed by atoms with Gasteiger partial charge in [0.05, 0.1) is 25.2 Å². The van der Waals surface area contributed by atoms with Crippen molar-refractivity contribution >= 4 is 0 Å². The topological polar surface area (TPSA) is 52.0 Å². The third kappa shape index (κ3) is 2.19. The zero-order valence-electron chi connectivity index (χ0n) is 10.5. The van der Waals surface area contributed by atoms with E-state index in [0.29, 0.717) is 5.56 Å². The third-order valence-corrected chi connectivity index (χ3v) is 2.70. The molecule has 0 aromatic carbocycles. The number of methoxy groups -OCH3 is 1. The van der Waals surface area contributed by atoms with Gasteiger partial charge in [-0.15, -0.1) is 0 Å². The van der Waals surface area contributed by atoms with Crippen LogP contribution in [0.4, 0.5) is 4.39 Å². The van der Waals surface area contributed by atoms with E-state index in [4.69, 9.17) is 4.74 Å². The van der Waals surface area contributed by atoms with Crippen molar-refractivity contribution in [1.29, 1.82) is 0 Å². The van der Waals surface area contributed by atoms with E-state index in [0.717, 1.165) is 5.69 Å². The van der Waals surface area contributed by atoms with Crippen LogP contribution in [0.25, 0.3) is 0 Å². The first-order chi connectivity index (χ1) is 8.67. The lowest BCUT2D eigenvalue weighted by Gasteiger charge is -2.15. The normalized spacial score (nSPS) is 12.4. The van der Waals surface area contributed by atoms with Crippen LogP contribution in [-0.2, 0) is 7.05 Å². The van der Waals surface area contributed by atoms with Crippen LogP contribution in [0.1, 0.15) is 17.3 Å². The van der Waals surface area contributed by atoms with Crippen molar-refractivity contribution in [3.63, 3.8) is 0 Å². The predicted molar refractivity (Wildman–Crippen MR) is 64.9 cm³/mol. The minimum Gasteiger partial charge on any atom is -0.479 e. The Morgan fingerprint density at radius 3 is 2.78 bits per heavy atom. The number of nitrogens with one attached hydrogen (secondary N) is 1. The predicted octanol–water partition coefficient (Wildman–Crippen LogP) is 1.27. The molecule has 2 aromatic rings. The summed E-state index contributed by atoms with van der Waals surface area (Å²) in [5, 5.41) is 3.04. The van der Waals surface area contributed by atoms with Gasteiger partial charge in [0.25, 0.3) is 0 Å². The first kappa shape index (κ1) is 12.5. The minimum absolute atomic E-state index is 0.0105. The van der Waals surface area contributed by atoms with Crippen LogP contribution >= 0.6 is 0 Å². The SMILES string of the molecule is CNC(c1cn(C)cn1)c1ccnc(OC)c1F. The molecule has 0 aliphatic rings. The highest BCUT2D eigenvalue weighted by Gasteiger charge is 2.21. The molecular weight excluding hydrogens is 235 g/mol. The summed E-state index contributed by atoms with van der Waals surface area (Å²) < 4.78 is 20.8. The lowest BCUT2D eigenvalue weighted by molar-refractivity contribution is 0.364. The smallest absolute Gasteiger partial charge is 0.250 e. The van der Waals surface area contributed by atoms with E-state index >= 15 is 0 Å². The second-order valence-electron chi connectivity index (χ2n) is 3.91. The molecule has 1 atom stereocenters. The molecule has 5 nitrogen and oxygen atoms in total. The zero-order valence-corrected chi connectivity index (χ0v) is 10.5. The number of rotatable bonds is 4. The number of aromatic nitrogens is 3. The third-order valence-electron chi connectivity index (χ3n) is 2.70. The largest absolute Gasteiger partial charge is 0.479 e. The van der Waals surface area contributed by atoms with Crippen molar-refractivity contribution in [2.75, 3.05) is 14.2 Å². The van der Waals surface area contributed by atoms with Gasteiger partial charge >= 0.3 is 0 Å². The highest BCUT2D eigenvalue weighted by atomic mass is 19.1. The van der Waals surface area contributed by atoms with Crippen LogP contribution in [0.5, 0.6) is 5.88 Å². The van der Waals surface area contributed by atoms with Gasteiger partial charge in [-0.05, 0) is 13.1 Å². The Bertz CT molecular complexity index is 541. The summed E-state index contributed by atoms with van der Waals surface area (Å²) in [6.07, 6.45) is 5.04.